The van der Waals surface area contributed by atoms with E-state index in [1.807, 2.05) is 31.4 Å². The number of hydrogen-bond donors (Lipinski definition) is 1. The molecular formula is C28H37FN4O3. The summed E-state index contributed by atoms with van der Waals surface area (Å²) in [5.74, 6) is -1.04. The molecule has 36 heavy (non-hydrogen) atoms. The summed E-state index contributed by atoms with van der Waals surface area (Å²) in [6.45, 7) is 8.39. The van der Waals surface area contributed by atoms with E-state index in [2.05, 4.69) is 10.2 Å². The van der Waals surface area contributed by atoms with Crippen LogP contribution < -0.4 is 10.7 Å². The third-order valence-electron chi connectivity index (χ3n) is 6.96. The van der Waals surface area contributed by atoms with Gasteiger partial charge in [-0.3, -0.25) is 19.3 Å². The third kappa shape index (κ3) is 6.40. The van der Waals surface area contributed by atoms with Crippen LogP contribution in [0.2, 0.25) is 0 Å². The molecule has 2 fully saturated rings. The van der Waals surface area contributed by atoms with E-state index in [0.29, 0.717) is 32.7 Å². The molecule has 1 aliphatic carbocycles. The summed E-state index contributed by atoms with van der Waals surface area (Å²) in [6, 6.07) is 6.72. The van der Waals surface area contributed by atoms with Crippen LogP contribution in [0.4, 0.5) is 4.39 Å². The number of amides is 2. The second kappa shape index (κ2) is 10.9. The van der Waals surface area contributed by atoms with Crippen LogP contribution in [0.1, 0.15) is 85.2 Å². The lowest BCUT2D eigenvalue weighted by Gasteiger charge is -2.35. The van der Waals surface area contributed by atoms with Crippen molar-refractivity contribution in [3.8, 4) is 0 Å². The van der Waals surface area contributed by atoms with Gasteiger partial charge < -0.3 is 14.8 Å². The van der Waals surface area contributed by atoms with E-state index in [4.69, 9.17) is 0 Å². The van der Waals surface area contributed by atoms with Crippen molar-refractivity contribution >= 4 is 11.8 Å². The predicted octanol–water partition coefficient (Wildman–Crippen LogP) is 3.98. The number of carbonyl (C=O) groups excluding carboxylic acids is 2. The summed E-state index contributed by atoms with van der Waals surface area (Å²) < 4.78 is 15.5. The predicted molar refractivity (Wildman–Crippen MR) is 138 cm³/mol. The molecule has 0 atom stereocenters. The Morgan fingerprint density at radius 2 is 1.67 bits per heavy atom. The van der Waals surface area contributed by atoms with Gasteiger partial charge in [-0.25, -0.2) is 4.39 Å². The number of piperazine rings is 1. The Morgan fingerprint density at radius 3 is 2.31 bits per heavy atom. The maximum absolute atomic E-state index is 13.5. The smallest absolute Gasteiger partial charge is 0.259 e. The van der Waals surface area contributed by atoms with Crippen molar-refractivity contribution in [2.24, 2.45) is 0 Å². The molecule has 2 aliphatic rings. The monoisotopic (exact) mass is 496 g/mol. The second-order valence-corrected chi connectivity index (χ2v) is 11.1. The minimum Gasteiger partial charge on any atom is -0.349 e. The van der Waals surface area contributed by atoms with Gasteiger partial charge in [0.25, 0.3) is 11.8 Å². The minimum atomic E-state index is -0.518. The zero-order valence-electron chi connectivity index (χ0n) is 21.6. The standard InChI is InChI=1S/C28H37FN4O3/c1-28(2,3)30-26(35)23-18-33(22-10-5-4-6-11-22)19-24(25(23)34)27(36)32-14-12-31(13-15-32)17-20-8-7-9-21(29)16-20/h7-9,16,18-19,22H,4-6,10-15,17H2,1-3H3,(H,30,35). The Bertz CT molecular complexity index is 1160. The molecule has 1 saturated heterocycles. The van der Waals surface area contributed by atoms with Crippen molar-refractivity contribution in [1.82, 2.24) is 19.7 Å². The average molecular weight is 497 g/mol. The Morgan fingerprint density at radius 1 is 1.00 bits per heavy atom. The van der Waals surface area contributed by atoms with E-state index < -0.39 is 16.9 Å². The normalized spacial score (nSPS) is 17.7. The van der Waals surface area contributed by atoms with Crippen LogP contribution in [0.25, 0.3) is 0 Å². The zero-order valence-corrected chi connectivity index (χ0v) is 21.6. The van der Waals surface area contributed by atoms with Crippen molar-refractivity contribution in [1.29, 1.82) is 0 Å². The molecule has 0 bridgehead atoms. The van der Waals surface area contributed by atoms with Crippen LogP contribution in [-0.2, 0) is 6.54 Å². The summed E-state index contributed by atoms with van der Waals surface area (Å²) in [4.78, 5) is 43.8. The summed E-state index contributed by atoms with van der Waals surface area (Å²) in [5, 5.41) is 2.87. The first-order valence-electron chi connectivity index (χ1n) is 12.9. The second-order valence-electron chi connectivity index (χ2n) is 11.1. The van der Waals surface area contributed by atoms with Crippen molar-refractivity contribution in [3.63, 3.8) is 0 Å². The number of nitrogens with one attached hydrogen (secondary N) is 1. The fourth-order valence-corrected chi connectivity index (χ4v) is 5.08. The number of carbonyl (C=O) groups is 2. The van der Waals surface area contributed by atoms with Gasteiger partial charge in [0.15, 0.2) is 0 Å². The number of hydrogen-bond acceptors (Lipinski definition) is 4. The van der Waals surface area contributed by atoms with E-state index >= 15 is 0 Å². The fraction of sp³-hybridized carbons (Fsp3) is 0.536. The highest BCUT2D eigenvalue weighted by Crippen LogP contribution is 2.28. The van der Waals surface area contributed by atoms with Gasteiger partial charge in [0.05, 0.1) is 0 Å². The fourth-order valence-electron chi connectivity index (χ4n) is 5.08. The van der Waals surface area contributed by atoms with Crippen molar-refractivity contribution in [2.45, 2.75) is 71.0 Å². The van der Waals surface area contributed by atoms with Crippen LogP contribution >= 0.6 is 0 Å². The lowest BCUT2D eigenvalue weighted by atomic mass is 9.95. The first-order chi connectivity index (χ1) is 17.1. The molecule has 2 amide bonds. The Hall–Kier alpha value is -3.00. The van der Waals surface area contributed by atoms with E-state index in [9.17, 15) is 18.8 Å². The Kier molecular flexibility index (Phi) is 7.93. The molecule has 7 nitrogen and oxygen atoms in total. The summed E-state index contributed by atoms with van der Waals surface area (Å²) >= 11 is 0. The quantitative estimate of drug-likeness (QED) is 0.680. The minimum absolute atomic E-state index is 0.0195. The summed E-state index contributed by atoms with van der Waals surface area (Å²) in [5.41, 5.74) is -0.0532. The van der Waals surface area contributed by atoms with Gasteiger partial charge in [-0.05, 0) is 51.3 Å². The SMILES string of the molecule is CC(C)(C)NC(=O)c1cn(C2CCCCC2)cc(C(=O)N2CCN(Cc3cccc(F)c3)CC2)c1=O. The highest BCUT2D eigenvalue weighted by molar-refractivity contribution is 5.99. The van der Waals surface area contributed by atoms with Gasteiger partial charge in [0.1, 0.15) is 16.9 Å². The van der Waals surface area contributed by atoms with Gasteiger partial charge in [0, 0.05) is 56.7 Å². The molecule has 1 aromatic carbocycles. The van der Waals surface area contributed by atoms with Crippen LogP contribution in [0.3, 0.4) is 0 Å². The Labute approximate surface area is 212 Å². The van der Waals surface area contributed by atoms with E-state index in [1.165, 1.54) is 18.6 Å². The lowest BCUT2D eigenvalue weighted by Crippen LogP contribution is -2.49. The molecule has 1 aromatic heterocycles. The van der Waals surface area contributed by atoms with Gasteiger partial charge in [-0.1, -0.05) is 31.4 Å². The average Bonchev–Trinajstić information content (AvgIpc) is 2.84. The molecule has 1 saturated carbocycles. The van der Waals surface area contributed by atoms with Crippen LogP contribution in [-0.4, -0.2) is 57.9 Å². The van der Waals surface area contributed by atoms with E-state index in [-0.39, 0.29) is 28.9 Å². The van der Waals surface area contributed by atoms with E-state index in [1.54, 1.807) is 23.4 Å². The molecule has 0 unspecified atom stereocenters. The number of benzene rings is 1. The van der Waals surface area contributed by atoms with Crippen molar-refractivity contribution in [3.05, 3.63) is 69.4 Å². The molecule has 8 heteroatoms. The molecule has 4 rings (SSSR count). The first kappa shape index (κ1) is 26.1. The first-order valence-corrected chi connectivity index (χ1v) is 12.9. The maximum Gasteiger partial charge on any atom is 0.259 e. The molecule has 0 radical (unpaired) electrons. The Balaban J connectivity index is 1.54. The van der Waals surface area contributed by atoms with Crippen molar-refractivity contribution < 1.29 is 14.0 Å². The van der Waals surface area contributed by atoms with Gasteiger partial charge in [0.2, 0.25) is 5.43 Å². The van der Waals surface area contributed by atoms with E-state index in [0.717, 1.165) is 31.2 Å². The molecule has 1 N–H and O–H groups in total. The van der Waals surface area contributed by atoms with Crippen LogP contribution in [0.5, 0.6) is 0 Å². The van der Waals surface area contributed by atoms with Crippen LogP contribution in [0, 0.1) is 5.82 Å². The van der Waals surface area contributed by atoms with Gasteiger partial charge >= 0.3 is 0 Å². The summed E-state index contributed by atoms with van der Waals surface area (Å²) in [6.07, 6.45) is 8.60. The van der Waals surface area contributed by atoms with Gasteiger partial charge in [-0.15, -0.1) is 0 Å². The number of pyridine rings is 1. The number of aromatic nitrogens is 1. The molecule has 1 aliphatic heterocycles. The topological polar surface area (TPSA) is 74.7 Å². The third-order valence-corrected chi connectivity index (χ3v) is 6.96. The lowest BCUT2D eigenvalue weighted by molar-refractivity contribution is 0.0626. The molecule has 194 valence electrons. The number of nitrogens with zero attached hydrogens (tertiary/aromatic N) is 3. The highest BCUT2D eigenvalue weighted by Gasteiger charge is 2.28. The summed E-state index contributed by atoms with van der Waals surface area (Å²) in [7, 11) is 0. The number of rotatable bonds is 5. The highest BCUT2D eigenvalue weighted by atomic mass is 19.1. The van der Waals surface area contributed by atoms with Gasteiger partial charge in [-0.2, -0.15) is 0 Å². The largest absolute Gasteiger partial charge is 0.349 e. The maximum atomic E-state index is 13.5. The van der Waals surface area contributed by atoms with Crippen molar-refractivity contribution in [2.75, 3.05) is 26.2 Å². The number of halogens is 1. The molecule has 2 heterocycles. The molecular weight excluding hydrogens is 459 g/mol. The molecule has 0 spiro atoms. The van der Waals surface area contributed by atoms with Crippen LogP contribution in [0.15, 0.2) is 41.5 Å². The zero-order chi connectivity index (χ0) is 25.9. The molecule has 2 aromatic rings.